The number of carbonyl (C=O) groups is 1. The van der Waals surface area contributed by atoms with E-state index < -0.39 is 5.97 Å². The number of hydrogen-bond acceptors (Lipinski definition) is 7. The molecule has 0 bridgehead atoms. The quantitative estimate of drug-likeness (QED) is 0.236. The van der Waals surface area contributed by atoms with E-state index >= 15 is 0 Å². The Labute approximate surface area is 190 Å². The van der Waals surface area contributed by atoms with E-state index in [0.717, 1.165) is 34.2 Å². The molecule has 1 aromatic heterocycles. The Kier molecular flexibility index (Phi) is 6.90. The first-order chi connectivity index (χ1) is 15.7. The molecule has 8 heteroatoms. The lowest BCUT2D eigenvalue weighted by Crippen LogP contribution is -2.19. The molecule has 0 saturated heterocycles. The van der Waals surface area contributed by atoms with E-state index in [2.05, 4.69) is 22.2 Å². The van der Waals surface area contributed by atoms with Crippen molar-refractivity contribution in [2.75, 3.05) is 19.8 Å². The van der Waals surface area contributed by atoms with Crippen LogP contribution in [0.25, 0.3) is 15.9 Å². The zero-order valence-corrected chi connectivity index (χ0v) is 18.4. The minimum absolute atomic E-state index is 0.0926. The number of nitrogens with zero attached hydrogens (tertiary/aromatic N) is 3. The summed E-state index contributed by atoms with van der Waals surface area (Å²) in [5.41, 5.74) is 2.69. The highest BCUT2D eigenvalue weighted by Gasteiger charge is 2.28. The maximum Gasteiger partial charge on any atom is 0.351 e. The number of aliphatic imine (C=N–C) groups is 1. The molecule has 0 aliphatic carbocycles. The first-order valence-corrected chi connectivity index (χ1v) is 11.2. The first kappa shape index (κ1) is 21.7. The Hall–Kier alpha value is -3.54. The van der Waals surface area contributed by atoms with Gasteiger partial charge in [0.2, 0.25) is 5.13 Å². The molecule has 1 N–H and O–H groups in total. The fourth-order valence-electron chi connectivity index (χ4n) is 3.27. The van der Waals surface area contributed by atoms with Gasteiger partial charge in [0.05, 0.1) is 22.5 Å². The van der Waals surface area contributed by atoms with Gasteiger partial charge in [-0.25, -0.2) is 14.8 Å². The molecule has 0 spiro atoms. The molecular weight excluding hydrogens is 424 g/mol. The smallest absolute Gasteiger partial charge is 0.351 e. The van der Waals surface area contributed by atoms with Crippen LogP contribution in [-0.2, 0) is 14.3 Å². The van der Waals surface area contributed by atoms with Gasteiger partial charge in [0.25, 0.3) is 0 Å². The molecule has 1 aliphatic heterocycles. The van der Waals surface area contributed by atoms with Crippen molar-refractivity contribution in [1.82, 2.24) is 10.3 Å². The molecule has 0 fully saturated rings. The van der Waals surface area contributed by atoms with Crippen molar-refractivity contribution in [1.29, 1.82) is 5.26 Å². The molecule has 0 radical (unpaired) electrons. The van der Waals surface area contributed by atoms with E-state index in [1.165, 1.54) is 11.3 Å². The van der Waals surface area contributed by atoms with Gasteiger partial charge in [0.1, 0.15) is 18.5 Å². The Balaban J connectivity index is 1.58. The Morgan fingerprint density at radius 3 is 2.69 bits per heavy atom. The summed E-state index contributed by atoms with van der Waals surface area (Å²) in [6, 6.07) is 17.3. The van der Waals surface area contributed by atoms with Crippen LogP contribution in [0.1, 0.15) is 30.9 Å². The van der Waals surface area contributed by atoms with E-state index in [-0.39, 0.29) is 12.2 Å². The second-order valence-corrected chi connectivity index (χ2v) is 8.07. The lowest BCUT2D eigenvalue weighted by molar-refractivity contribution is -0.140. The summed E-state index contributed by atoms with van der Waals surface area (Å²) in [4.78, 5) is 21.8. The van der Waals surface area contributed by atoms with Crippen LogP contribution < -0.4 is 5.32 Å². The number of esters is 1. The van der Waals surface area contributed by atoms with Gasteiger partial charge in [-0.15, -0.1) is 0 Å². The summed E-state index contributed by atoms with van der Waals surface area (Å²) in [6.45, 7) is 3.10. The van der Waals surface area contributed by atoms with Crippen LogP contribution in [0.4, 0.5) is 5.13 Å². The molecular formula is C24H22N4O3S. The van der Waals surface area contributed by atoms with Crippen LogP contribution in [-0.4, -0.2) is 36.6 Å². The molecule has 2 aromatic carbocycles. The average Bonchev–Trinajstić information content (AvgIpc) is 3.38. The zero-order chi connectivity index (χ0) is 22.3. The second-order valence-electron chi connectivity index (χ2n) is 7.06. The number of nitriles is 1. The number of fused-ring (bicyclic) bond motifs is 2. The van der Waals surface area contributed by atoms with Crippen molar-refractivity contribution in [2.24, 2.45) is 4.99 Å². The van der Waals surface area contributed by atoms with Crippen molar-refractivity contribution in [3.63, 3.8) is 0 Å². The van der Waals surface area contributed by atoms with E-state index in [9.17, 15) is 10.1 Å². The largest absolute Gasteiger partial charge is 0.459 e. The van der Waals surface area contributed by atoms with Gasteiger partial charge in [-0.2, -0.15) is 5.26 Å². The van der Waals surface area contributed by atoms with Gasteiger partial charge < -0.3 is 14.8 Å². The Bertz CT molecular complexity index is 1210. The van der Waals surface area contributed by atoms with Crippen LogP contribution >= 0.6 is 11.3 Å². The highest BCUT2D eigenvalue weighted by Crippen LogP contribution is 2.32. The number of amidine groups is 1. The lowest BCUT2D eigenvalue weighted by atomic mass is 10.1. The number of hydrogen-bond donors (Lipinski definition) is 1. The van der Waals surface area contributed by atoms with Crippen LogP contribution in [0.3, 0.4) is 0 Å². The number of carbonyl (C=O) groups excluding carboxylic acids is 1. The lowest BCUT2D eigenvalue weighted by Gasteiger charge is -2.07. The molecule has 2 heterocycles. The number of para-hydroxylation sites is 1. The molecule has 4 rings (SSSR count). The third-order valence-electron chi connectivity index (χ3n) is 4.85. The SMILES string of the molecule is CCCCOCCOC(=O)/C(C#N)=C1/N/C(=N/c2nc3ccccc3s2)c2ccccc21. The summed E-state index contributed by atoms with van der Waals surface area (Å²) in [7, 11) is 0. The number of ether oxygens (including phenoxy) is 2. The molecule has 3 aromatic rings. The highest BCUT2D eigenvalue weighted by molar-refractivity contribution is 7.22. The van der Waals surface area contributed by atoms with Crippen LogP contribution in [0, 0.1) is 11.3 Å². The fourth-order valence-corrected chi connectivity index (χ4v) is 4.11. The van der Waals surface area contributed by atoms with Crippen molar-refractivity contribution >= 4 is 44.2 Å². The summed E-state index contributed by atoms with van der Waals surface area (Å²) in [6.07, 6.45) is 2.00. The molecule has 1 aliphatic rings. The zero-order valence-electron chi connectivity index (χ0n) is 17.6. The number of benzene rings is 2. The van der Waals surface area contributed by atoms with Gasteiger partial charge in [-0.05, 0) is 18.6 Å². The van der Waals surface area contributed by atoms with Crippen LogP contribution in [0.15, 0.2) is 59.1 Å². The van der Waals surface area contributed by atoms with Gasteiger partial charge in [0, 0.05) is 17.7 Å². The number of nitrogens with one attached hydrogen (secondary N) is 1. The van der Waals surface area contributed by atoms with Crippen molar-refractivity contribution < 1.29 is 14.3 Å². The predicted molar refractivity (Wildman–Crippen MR) is 125 cm³/mol. The summed E-state index contributed by atoms with van der Waals surface area (Å²) < 4.78 is 11.7. The maximum absolute atomic E-state index is 12.6. The molecule has 162 valence electrons. The van der Waals surface area contributed by atoms with Crippen molar-refractivity contribution in [3.05, 3.63) is 65.2 Å². The Morgan fingerprint density at radius 2 is 1.91 bits per heavy atom. The monoisotopic (exact) mass is 446 g/mol. The minimum atomic E-state index is -0.690. The third kappa shape index (κ3) is 4.69. The number of unbranched alkanes of at least 4 members (excludes halogenated alkanes) is 1. The molecule has 0 atom stereocenters. The average molecular weight is 447 g/mol. The third-order valence-corrected chi connectivity index (χ3v) is 5.78. The molecule has 0 saturated carbocycles. The van der Waals surface area contributed by atoms with E-state index in [4.69, 9.17) is 9.47 Å². The molecule has 0 amide bonds. The summed E-state index contributed by atoms with van der Waals surface area (Å²) in [5.74, 6) is -0.150. The maximum atomic E-state index is 12.6. The summed E-state index contributed by atoms with van der Waals surface area (Å²) >= 11 is 1.47. The minimum Gasteiger partial charge on any atom is -0.459 e. The van der Waals surface area contributed by atoms with Crippen LogP contribution in [0.2, 0.25) is 0 Å². The number of thiazole rings is 1. The topological polar surface area (TPSA) is 96.6 Å². The number of aromatic nitrogens is 1. The van der Waals surface area contributed by atoms with E-state index in [0.29, 0.717) is 29.9 Å². The van der Waals surface area contributed by atoms with Gasteiger partial charge in [-0.3, -0.25) is 0 Å². The van der Waals surface area contributed by atoms with Crippen molar-refractivity contribution in [2.45, 2.75) is 19.8 Å². The van der Waals surface area contributed by atoms with E-state index in [1.54, 1.807) is 0 Å². The van der Waals surface area contributed by atoms with Crippen molar-refractivity contribution in [3.8, 4) is 6.07 Å². The van der Waals surface area contributed by atoms with E-state index in [1.807, 2.05) is 54.6 Å². The first-order valence-electron chi connectivity index (χ1n) is 10.4. The van der Waals surface area contributed by atoms with Gasteiger partial charge in [0.15, 0.2) is 5.57 Å². The van der Waals surface area contributed by atoms with Crippen LogP contribution in [0.5, 0.6) is 0 Å². The number of rotatable bonds is 8. The fraction of sp³-hybridized carbons (Fsp3) is 0.250. The predicted octanol–water partition coefficient (Wildman–Crippen LogP) is 4.57. The Morgan fingerprint density at radius 1 is 1.12 bits per heavy atom. The standard InChI is InChI=1S/C24H22N4O3S/c1-2-3-12-30-13-14-31-23(29)18(15-25)21-16-8-4-5-9-17(16)22(27-21)28-24-26-19-10-6-7-11-20(19)32-24/h4-11H,2-3,12-14H2,1H3,(H,26,27,28)/b21-18+. The summed E-state index contributed by atoms with van der Waals surface area (Å²) in [5, 5.41) is 13.4. The molecule has 0 unspecified atom stereocenters. The molecule has 7 nitrogen and oxygen atoms in total. The second kappa shape index (κ2) is 10.2. The normalized spacial score (nSPS) is 15.3. The highest BCUT2D eigenvalue weighted by atomic mass is 32.1. The van der Waals surface area contributed by atoms with Gasteiger partial charge >= 0.3 is 5.97 Å². The molecule has 32 heavy (non-hydrogen) atoms. The van der Waals surface area contributed by atoms with Gasteiger partial charge in [-0.1, -0.05) is 61.1 Å².